The van der Waals surface area contributed by atoms with Crippen LogP contribution in [0.2, 0.25) is 0 Å². The second kappa shape index (κ2) is 11.9. The fraction of sp³-hybridized carbons (Fsp3) is 0.556. The summed E-state index contributed by atoms with van der Waals surface area (Å²) in [5.41, 5.74) is 3.54. The van der Waals surface area contributed by atoms with E-state index in [0.717, 1.165) is 57.7 Å². The molecule has 2 atom stereocenters. The zero-order chi connectivity index (χ0) is 34.1. The molecule has 2 N–H and O–H groups in total. The summed E-state index contributed by atoms with van der Waals surface area (Å²) in [5.74, 6) is 0.0961. The highest BCUT2D eigenvalue weighted by atomic mass is 32.2. The molecule has 11 heteroatoms. The van der Waals surface area contributed by atoms with Crippen molar-refractivity contribution >= 4 is 32.9 Å². The fourth-order valence-corrected chi connectivity index (χ4v) is 8.37. The number of fused-ring (bicyclic) bond motifs is 5. The van der Waals surface area contributed by atoms with Crippen molar-refractivity contribution in [3.63, 3.8) is 0 Å². The van der Waals surface area contributed by atoms with Crippen LogP contribution in [-0.2, 0) is 21.5 Å². The van der Waals surface area contributed by atoms with E-state index >= 15 is 0 Å². The molecule has 6 rings (SSSR count). The van der Waals surface area contributed by atoms with Gasteiger partial charge in [0.25, 0.3) is 5.91 Å². The minimum absolute atomic E-state index is 0.0230. The van der Waals surface area contributed by atoms with E-state index in [1.165, 1.54) is 26.1 Å². The lowest BCUT2D eigenvalue weighted by atomic mass is 9.70. The van der Waals surface area contributed by atoms with Crippen LogP contribution in [0.1, 0.15) is 93.1 Å². The third-order valence-corrected chi connectivity index (χ3v) is 12.7. The van der Waals surface area contributed by atoms with Gasteiger partial charge in [-0.2, -0.15) is 12.7 Å². The SMILES string of the molecule is COc1ccc2c(c1)C(C)C(C)(C(=O)N1CC(O)(C(C)C)C1)Cn1c-2c(C2CCCCC2)c2ccc(C(=O)NS(=O)(=O)N(C)C)cc21. The Labute approximate surface area is 278 Å². The number of likely N-dealkylation sites (tertiary alicyclic amines) is 1. The van der Waals surface area contributed by atoms with E-state index in [0.29, 0.717) is 18.2 Å². The van der Waals surface area contributed by atoms with Crippen molar-refractivity contribution < 1.29 is 27.9 Å². The van der Waals surface area contributed by atoms with Crippen molar-refractivity contribution in [2.45, 2.75) is 83.8 Å². The number of hydrogen-bond acceptors (Lipinski definition) is 6. The van der Waals surface area contributed by atoms with Gasteiger partial charge in [0.05, 0.1) is 31.3 Å². The molecule has 254 valence electrons. The van der Waals surface area contributed by atoms with Crippen molar-refractivity contribution in [2.75, 3.05) is 34.3 Å². The Kier molecular flexibility index (Phi) is 8.50. The quantitative estimate of drug-likeness (QED) is 0.356. The molecule has 0 spiro atoms. The lowest BCUT2D eigenvalue weighted by Gasteiger charge is -2.52. The summed E-state index contributed by atoms with van der Waals surface area (Å²) in [7, 11) is 0.389. The van der Waals surface area contributed by atoms with E-state index < -0.39 is 27.1 Å². The second-order valence-electron chi connectivity index (χ2n) is 14.6. The maximum Gasteiger partial charge on any atom is 0.303 e. The number of methoxy groups -OCH3 is 1. The molecule has 0 radical (unpaired) electrons. The van der Waals surface area contributed by atoms with Gasteiger partial charge in [-0.3, -0.25) is 9.59 Å². The molecule has 1 saturated carbocycles. The number of amides is 2. The number of ether oxygens (including phenoxy) is 1. The number of aliphatic hydroxyl groups is 1. The predicted octanol–water partition coefficient (Wildman–Crippen LogP) is 5.25. The van der Waals surface area contributed by atoms with E-state index in [-0.39, 0.29) is 36.4 Å². The molecule has 2 amide bonds. The van der Waals surface area contributed by atoms with Crippen molar-refractivity contribution in [2.24, 2.45) is 11.3 Å². The number of hydrogen-bond donors (Lipinski definition) is 2. The van der Waals surface area contributed by atoms with Gasteiger partial charge in [-0.05, 0) is 79.0 Å². The molecular weight excluding hydrogens is 616 g/mol. The van der Waals surface area contributed by atoms with Gasteiger partial charge in [-0.25, -0.2) is 4.72 Å². The average molecular weight is 665 g/mol. The summed E-state index contributed by atoms with van der Waals surface area (Å²) in [6.45, 7) is 8.98. The monoisotopic (exact) mass is 664 g/mol. The molecular formula is C36H48N4O6S. The molecule has 2 aliphatic heterocycles. The van der Waals surface area contributed by atoms with Crippen molar-refractivity contribution in [1.82, 2.24) is 18.5 Å². The molecule has 1 saturated heterocycles. The molecule has 1 aromatic heterocycles. The Morgan fingerprint density at radius 1 is 1.04 bits per heavy atom. The highest BCUT2D eigenvalue weighted by Gasteiger charge is 2.53. The number of rotatable bonds is 7. The Balaban J connectivity index is 1.58. The molecule has 3 aromatic rings. The fourth-order valence-electron chi connectivity index (χ4n) is 7.83. The molecule has 0 bridgehead atoms. The Hall–Kier alpha value is -3.41. The normalized spacial score (nSPS) is 22.9. The lowest BCUT2D eigenvalue weighted by molar-refractivity contribution is -0.174. The molecule has 2 fully saturated rings. The minimum Gasteiger partial charge on any atom is -0.497 e. The molecule has 10 nitrogen and oxygen atoms in total. The topological polar surface area (TPSA) is 121 Å². The van der Waals surface area contributed by atoms with Gasteiger partial charge in [0, 0.05) is 42.7 Å². The van der Waals surface area contributed by atoms with Gasteiger partial charge < -0.3 is 19.3 Å². The van der Waals surface area contributed by atoms with Crippen LogP contribution in [0.25, 0.3) is 22.2 Å². The molecule has 2 aromatic carbocycles. The van der Waals surface area contributed by atoms with E-state index in [1.807, 2.05) is 32.9 Å². The number of nitrogens with one attached hydrogen (secondary N) is 1. The first kappa shape index (κ1) is 33.5. The van der Waals surface area contributed by atoms with Gasteiger partial charge in [0.2, 0.25) is 5.91 Å². The molecule has 2 unspecified atom stereocenters. The van der Waals surface area contributed by atoms with Crippen LogP contribution >= 0.6 is 0 Å². The van der Waals surface area contributed by atoms with Gasteiger partial charge in [-0.1, -0.05) is 46.1 Å². The Morgan fingerprint density at radius 2 is 1.72 bits per heavy atom. The van der Waals surface area contributed by atoms with Crippen LogP contribution in [0.3, 0.4) is 0 Å². The second-order valence-corrected chi connectivity index (χ2v) is 16.5. The summed E-state index contributed by atoms with van der Waals surface area (Å²) in [6.07, 6.45) is 5.57. The summed E-state index contributed by atoms with van der Waals surface area (Å²) in [5, 5.41) is 12.1. The van der Waals surface area contributed by atoms with Crippen LogP contribution in [0.5, 0.6) is 5.75 Å². The molecule has 3 aliphatic rings. The summed E-state index contributed by atoms with van der Waals surface area (Å²) >= 11 is 0. The Morgan fingerprint density at radius 3 is 2.34 bits per heavy atom. The van der Waals surface area contributed by atoms with Crippen molar-refractivity contribution in [1.29, 1.82) is 0 Å². The molecule has 47 heavy (non-hydrogen) atoms. The highest BCUT2D eigenvalue weighted by molar-refractivity contribution is 7.87. The number of benzene rings is 2. The molecule has 1 aliphatic carbocycles. The first-order valence-corrected chi connectivity index (χ1v) is 18.2. The minimum atomic E-state index is -3.99. The number of aromatic nitrogens is 1. The van der Waals surface area contributed by atoms with Crippen molar-refractivity contribution in [3.8, 4) is 17.0 Å². The van der Waals surface area contributed by atoms with E-state index in [4.69, 9.17) is 4.74 Å². The van der Waals surface area contributed by atoms with Crippen LogP contribution < -0.4 is 9.46 Å². The number of β-amino-alcohol motifs (C(OH)–C–C–N with tert-alkyl or cyclic N) is 1. The predicted molar refractivity (Wildman–Crippen MR) is 183 cm³/mol. The zero-order valence-electron chi connectivity index (χ0n) is 28.6. The largest absolute Gasteiger partial charge is 0.497 e. The van der Waals surface area contributed by atoms with Gasteiger partial charge in [0.15, 0.2) is 0 Å². The van der Waals surface area contributed by atoms with Crippen LogP contribution in [0, 0.1) is 11.3 Å². The summed E-state index contributed by atoms with van der Waals surface area (Å²) in [4.78, 5) is 29.7. The van der Waals surface area contributed by atoms with Crippen LogP contribution in [0.15, 0.2) is 36.4 Å². The number of carbonyl (C=O) groups excluding carboxylic acids is 2. The summed E-state index contributed by atoms with van der Waals surface area (Å²) < 4.78 is 36.1. The Bertz CT molecular complexity index is 1840. The third-order valence-electron chi connectivity index (χ3n) is 11.3. The van der Waals surface area contributed by atoms with E-state index in [9.17, 15) is 23.1 Å². The van der Waals surface area contributed by atoms with Gasteiger partial charge in [0.1, 0.15) is 11.4 Å². The maximum atomic E-state index is 14.6. The number of nitrogens with zero attached hydrogens (tertiary/aromatic N) is 3. The smallest absolute Gasteiger partial charge is 0.303 e. The van der Waals surface area contributed by atoms with Crippen LogP contribution in [0.4, 0.5) is 0 Å². The molecule has 3 heterocycles. The van der Waals surface area contributed by atoms with Crippen LogP contribution in [-0.4, -0.2) is 79.0 Å². The lowest BCUT2D eigenvalue weighted by Crippen LogP contribution is -2.68. The average Bonchev–Trinajstić information content (AvgIpc) is 3.29. The van der Waals surface area contributed by atoms with Gasteiger partial charge >= 0.3 is 10.2 Å². The summed E-state index contributed by atoms with van der Waals surface area (Å²) in [6, 6.07) is 11.5. The number of carbonyl (C=O) groups is 2. The maximum absolute atomic E-state index is 14.6. The highest BCUT2D eigenvalue weighted by Crippen LogP contribution is 2.53. The van der Waals surface area contributed by atoms with Crippen molar-refractivity contribution in [3.05, 3.63) is 53.1 Å². The first-order chi connectivity index (χ1) is 22.1. The zero-order valence-corrected chi connectivity index (χ0v) is 29.4. The van der Waals surface area contributed by atoms with E-state index in [1.54, 1.807) is 24.1 Å². The first-order valence-electron chi connectivity index (χ1n) is 16.7. The third kappa shape index (κ3) is 5.54. The standard InChI is InChI=1S/C36H48N4O6S/c1-22(2)36(43)20-39(21-36)34(42)35(4)19-40-30-17-25(33(41)37-47(44,45)38(5)6)13-15-28(30)31(24-11-9-8-10-12-24)32(40)27-16-14-26(46-7)18-29(27)23(35)3/h13-18,22-24,43H,8-12,19-21H2,1-7H3,(H,37,41). The van der Waals surface area contributed by atoms with Gasteiger partial charge in [-0.15, -0.1) is 0 Å². The van der Waals surface area contributed by atoms with E-state index in [2.05, 4.69) is 28.3 Å².